The van der Waals surface area contributed by atoms with E-state index in [-0.39, 0.29) is 18.6 Å². The molecule has 3 amide bonds. The molecule has 1 aromatic heterocycles. The molecular formula is C21H28N4O3. The third-order valence-electron chi connectivity index (χ3n) is 3.96. The molecule has 7 heteroatoms. The van der Waals surface area contributed by atoms with Crippen LogP contribution < -0.4 is 15.4 Å². The minimum Gasteiger partial charge on any atom is -0.475 e. The Morgan fingerprint density at radius 2 is 1.82 bits per heavy atom. The van der Waals surface area contributed by atoms with Gasteiger partial charge in [0.2, 0.25) is 11.8 Å². The lowest BCUT2D eigenvalue weighted by Gasteiger charge is -2.21. The second kappa shape index (κ2) is 10.9. The number of ether oxygens (including phenoxy) is 1. The van der Waals surface area contributed by atoms with E-state index in [0.29, 0.717) is 25.5 Å². The Kier molecular flexibility index (Phi) is 8.27. The summed E-state index contributed by atoms with van der Waals surface area (Å²) >= 11 is 0. The van der Waals surface area contributed by atoms with Crippen LogP contribution in [0.4, 0.5) is 4.79 Å². The van der Waals surface area contributed by atoms with Gasteiger partial charge in [-0.2, -0.15) is 0 Å². The van der Waals surface area contributed by atoms with Crippen LogP contribution in [-0.2, 0) is 17.9 Å². The molecule has 1 heterocycles. The molecule has 2 rings (SSSR count). The molecule has 1 aromatic carbocycles. The highest BCUT2D eigenvalue weighted by molar-refractivity contribution is 5.83. The average Bonchev–Trinajstić information content (AvgIpc) is 2.70. The normalized spacial score (nSPS) is 10.4. The molecule has 150 valence electrons. The highest BCUT2D eigenvalue weighted by atomic mass is 16.5. The van der Waals surface area contributed by atoms with Crippen LogP contribution in [0.1, 0.15) is 31.9 Å². The van der Waals surface area contributed by atoms with E-state index in [2.05, 4.69) is 15.6 Å². The number of urea groups is 1. The molecule has 2 aromatic rings. The fourth-order valence-electron chi connectivity index (χ4n) is 2.52. The summed E-state index contributed by atoms with van der Waals surface area (Å²) in [5.74, 6) is 0.422. The topological polar surface area (TPSA) is 83.6 Å². The Morgan fingerprint density at radius 3 is 2.43 bits per heavy atom. The third kappa shape index (κ3) is 7.26. The third-order valence-corrected chi connectivity index (χ3v) is 3.96. The number of amides is 3. The molecule has 0 aliphatic heterocycles. The minimum absolute atomic E-state index is 0.0497. The van der Waals surface area contributed by atoms with E-state index in [1.807, 2.05) is 57.2 Å². The van der Waals surface area contributed by atoms with E-state index >= 15 is 0 Å². The molecule has 0 fully saturated rings. The molecule has 2 N–H and O–H groups in total. The maximum atomic E-state index is 12.3. The number of nitrogens with one attached hydrogen (secondary N) is 2. The quantitative estimate of drug-likeness (QED) is 0.696. The van der Waals surface area contributed by atoms with E-state index in [1.165, 1.54) is 0 Å². The van der Waals surface area contributed by atoms with Crippen molar-refractivity contribution in [2.75, 3.05) is 13.1 Å². The molecule has 0 aliphatic carbocycles. The van der Waals surface area contributed by atoms with Gasteiger partial charge in [0, 0.05) is 31.9 Å². The molecule has 0 spiro atoms. The molecule has 28 heavy (non-hydrogen) atoms. The van der Waals surface area contributed by atoms with Crippen molar-refractivity contribution in [2.24, 2.45) is 0 Å². The summed E-state index contributed by atoms with van der Waals surface area (Å²) in [6, 6.07) is 13.0. The summed E-state index contributed by atoms with van der Waals surface area (Å²) in [7, 11) is 0. The van der Waals surface area contributed by atoms with Crippen LogP contribution >= 0.6 is 0 Å². The first-order valence-corrected chi connectivity index (χ1v) is 9.43. The number of nitrogens with zero attached hydrogens (tertiary/aromatic N) is 2. The van der Waals surface area contributed by atoms with E-state index in [4.69, 9.17) is 4.74 Å². The van der Waals surface area contributed by atoms with Crippen molar-refractivity contribution in [1.29, 1.82) is 0 Å². The molecule has 0 aliphatic rings. The van der Waals surface area contributed by atoms with Gasteiger partial charge >= 0.3 is 6.03 Å². The predicted molar refractivity (Wildman–Crippen MR) is 108 cm³/mol. The average molecular weight is 384 g/mol. The fourth-order valence-corrected chi connectivity index (χ4v) is 2.52. The Labute approximate surface area is 166 Å². The zero-order valence-corrected chi connectivity index (χ0v) is 16.6. The number of pyridine rings is 1. The number of likely N-dealkylation sites (N-methyl/N-ethyl adjacent to an activating group) is 1. The zero-order valence-electron chi connectivity index (χ0n) is 16.6. The van der Waals surface area contributed by atoms with E-state index < -0.39 is 6.03 Å². The van der Waals surface area contributed by atoms with Crippen LogP contribution in [-0.4, -0.2) is 41.0 Å². The van der Waals surface area contributed by atoms with Crippen molar-refractivity contribution in [3.63, 3.8) is 0 Å². The summed E-state index contributed by atoms with van der Waals surface area (Å²) in [4.78, 5) is 30.2. The van der Waals surface area contributed by atoms with Gasteiger partial charge in [0.1, 0.15) is 0 Å². The molecule has 0 atom stereocenters. The molecular weight excluding hydrogens is 356 g/mol. The van der Waals surface area contributed by atoms with Gasteiger partial charge in [-0.25, -0.2) is 9.78 Å². The number of rotatable bonds is 9. The van der Waals surface area contributed by atoms with Gasteiger partial charge in [-0.15, -0.1) is 0 Å². The molecule has 0 radical (unpaired) electrons. The Morgan fingerprint density at radius 1 is 1.07 bits per heavy atom. The predicted octanol–water partition coefficient (Wildman–Crippen LogP) is 2.72. The number of hydrogen-bond donors (Lipinski definition) is 2. The zero-order chi connectivity index (χ0) is 20.4. The van der Waals surface area contributed by atoms with Crippen molar-refractivity contribution in [3.8, 4) is 5.88 Å². The Hall–Kier alpha value is -3.09. The number of carbonyl (C=O) groups excluding carboxylic acids is 2. The summed E-state index contributed by atoms with van der Waals surface area (Å²) in [6.45, 7) is 7.15. The highest BCUT2D eigenvalue weighted by Gasteiger charge is 2.13. The van der Waals surface area contributed by atoms with E-state index in [9.17, 15) is 9.59 Å². The van der Waals surface area contributed by atoms with Gasteiger partial charge in [-0.1, -0.05) is 36.4 Å². The largest absolute Gasteiger partial charge is 0.475 e. The first-order chi connectivity index (χ1) is 13.5. The number of benzene rings is 1. The summed E-state index contributed by atoms with van der Waals surface area (Å²) in [5, 5.41) is 5.32. The van der Waals surface area contributed by atoms with Crippen LogP contribution in [0.15, 0.2) is 48.7 Å². The minimum atomic E-state index is -0.397. The van der Waals surface area contributed by atoms with Crippen LogP contribution in [0.3, 0.4) is 0 Å². The summed E-state index contributed by atoms with van der Waals surface area (Å²) in [5.41, 5.74) is 1.90. The van der Waals surface area contributed by atoms with Gasteiger partial charge in [0.25, 0.3) is 0 Å². The summed E-state index contributed by atoms with van der Waals surface area (Å²) in [6.07, 6.45) is 1.71. The molecule has 7 nitrogen and oxygen atoms in total. The second-order valence-electron chi connectivity index (χ2n) is 6.60. The van der Waals surface area contributed by atoms with Gasteiger partial charge in [-0.05, 0) is 31.9 Å². The number of carbonyl (C=O) groups is 2. The lowest BCUT2D eigenvalue weighted by atomic mass is 10.2. The molecule has 0 bridgehead atoms. The van der Waals surface area contributed by atoms with E-state index in [0.717, 1.165) is 11.1 Å². The smallest absolute Gasteiger partial charge is 0.315 e. The van der Waals surface area contributed by atoms with Gasteiger partial charge < -0.3 is 20.3 Å². The number of hydrogen-bond acceptors (Lipinski definition) is 4. The Bertz CT molecular complexity index is 748. The van der Waals surface area contributed by atoms with Crippen LogP contribution in [0.25, 0.3) is 0 Å². The lowest BCUT2D eigenvalue weighted by Crippen LogP contribution is -2.43. The van der Waals surface area contributed by atoms with Crippen molar-refractivity contribution < 1.29 is 14.3 Å². The molecule has 0 saturated heterocycles. The van der Waals surface area contributed by atoms with Crippen LogP contribution in [0.5, 0.6) is 5.88 Å². The number of aromatic nitrogens is 1. The highest BCUT2D eigenvalue weighted by Crippen LogP contribution is 2.09. The maximum absolute atomic E-state index is 12.3. The van der Waals surface area contributed by atoms with Crippen molar-refractivity contribution in [2.45, 2.75) is 40.0 Å². The second-order valence-corrected chi connectivity index (χ2v) is 6.60. The van der Waals surface area contributed by atoms with Gasteiger partial charge in [0.05, 0.1) is 12.6 Å². The maximum Gasteiger partial charge on any atom is 0.315 e. The first kappa shape index (κ1) is 21.2. The Balaban J connectivity index is 1.74. The van der Waals surface area contributed by atoms with Crippen molar-refractivity contribution >= 4 is 11.9 Å². The van der Waals surface area contributed by atoms with Gasteiger partial charge in [-0.3, -0.25) is 4.79 Å². The lowest BCUT2D eigenvalue weighted by molar-refractivity contribution is -0.130. The van der Waals surface area contributed by atoms with Crippen molar-refractivity contribution in [1.82, 2.24) is 20.5 Å². The summed E-state index contributed by atoms with van der Waals surface area (Å²) < 4.78 is 5.48. The van der Waals surface area contributed by atoms with E-state index in [1.54, 1.807) is 17.2 Å². The molecule has 0 unspecified atom stereocenters. The van der Waals surface area contributed by atoms with Crippen LogP contribution in [0, 0.1) is 0 Å². The SMILES string of the molecule is CCN(Cc1ccccc1)C(=O)CNC(=O)NCc1ccc(OC(C)C)nc1. The first-order valence-electron chi connectivity index (χ1n) is 9.43. The van der Waals surface area contributed by atoms with Gasteiger partial charge in [0.15, 0.2) is 0 Å². The van der Waals surface area contributed by atoms with Crippen molar-refractivity contribution in [3.05, 3.63) is 59.8 Å². The van der Waals surface area contributed by atoms with Crippen LogP contribution in [0.2, 0.25) is 0 Å². The standard InChI is InChI=1S/C21H28N4O3/c1-4-25(15-17-8-6-5-7-9-17)20(26)14-24-21(27)23-13-18-10-11-19(22-12-18)28-16(2)3/h5-12,16H,4,13-15H2,1-3H3,(H2,23,24,27). The molecule has 0 saturated carbocycles. The monoisotopic (exact) mass is 384 g/mol. The fraction of sp³-hybridized carbons (Fsp3) is 0.381.